The van der Waals surface area contributed by atoms with Crippen LogP contribution in [0.3, 0.4) is 0 Å². The van der Waals surface area contributed by atoms with E-state index in [0.29, 0.717) is 16.6 Å². The van der Waals surface area contributed by atoms with Gasteiger partial charge in [-0.25, -0.2) is 4.79 Å². The molecule has 2 N–H and O–H groups in total. The van der Waals surface area contributed by atoms with Gasteiger partial charge in [-0.15, -0.1) is 0 Å². The molecule has 1 aliphatic rings. The van der Waals surface area contributed by atoms with Crippen LogP contribution in [0.15, 0.2) is 18.2 Å². The number of anilines is 1. The molecule has 2 rings (SSSR count). The normalized spacial score (nSPS) is 19.1. The number of carbonyl (C=O) groups excluding carboxylic acids is 1. The van der Waals surface area contributed by atoms with Crippen molar-refractivity contribution in [3.63, 3.8) is 0 Å². The Kier molecular flexibility index (Phi) is 3.86. The maximum absolute atomic E-state index is 11.4. The van der Waals surface area contributed by atoms with Crippen LogP contribution in [0.1, 0.15) is 16.8 Å². The number of ether oxygens (including phenoxy) is 1. The summed E-state index contributed by atoms with van der Waals surface area (Å²) in [5, 5.41) is 7.20. The van der Waals surface area contributed by atoms with Crippen molar-refractivity contribution in [3.05, 3.63) is 28.8 Å². The third-order valence-corrected chi connectivity index (χ3v) is 3.14. The van der Waals surface area contributed by atoms with Gasteiger partial charge in [-0.2, -0.15) is 0 Å². The van der Waals surface area contributed by atoms with Crippen molar-refractivity contribution in [2.75, 3.05) is 25.5 Å². The molecule has 0 amide bonds. The summed E-state index contributed by atoms with van der Waals surface area (Å²) in [4.78, 5) is 11.4. The van der Waals surface area contributed by atoms with Crippen LogP contribution < -0.4 is 10.6 Å². The Bertz CT molecular complexity index is 417. The highest BCUT2D eigenvalue weighted by Gasteiger charge is 2.16. The maximum Gasteiger partial charge on any atom is 0.337 e. The second kappa shape index (κ2) is 5.38. The van der Waals surface area contributed by atoms with Gasteiger partial charge in [-0.05, 0) is 31.2 Å². The lowest BCUT2D eigenvalue weighted by Crippen LogP contribution is -2.22. The van der Waals surface area contributed by atoms with Gasteiger partial charge in [0.05, 0.1) is 23.4 Å². The first-order chi connectivity index (χ1) is 8.20. The molecule has 0 spiro atoms. The SMILES string of the molecule is COC(=O)c1ccc(Cl)c(NC2CCNC2)c1. The van der Waals surface area contributed by atoms with E-state index in [1.54, 1.807) is 18.2 Å². The Morgan fingerprint density at radius 2 is 2.41 bits per heavy atom. The Labute approximate surface area is 105 Å². The largest absolute Gasteiger partial charge is 0.465 e. The molecule has 1 saturated heterocycles. The molecular formula is C12H15ClN2O2. The van der Waals surface area contributed by atoms with Gasteiger partial charge in [0, 0.05) is 12.6 Å². The zero-order valence-electron chi connectivity index (χ0n) is 9.63. The highest BCUT2D eigenvalue weighted by atomic mass is 35.5. The number of carbonyl (C=O) groups is 1. The molecule has 0 aromatic heterocycles. The average molecular weight is 255 g/mol. The average Bonchev–Trinajstić information content (AvgIpc) is 2.84. The van der Waals surface area contributed by atoms with Gasteiger partial charge < -0.3 is 15.4 Å². The minimum absolute atomic E-state index is 0.353. The van der Waals surface area contributed by atoms with Crippen molar-refractivity contribution in [2.24, 2.45) is 0 Å². The molecule has 0 bridgehead atoms. The van der Waals surface area contributed by atoms with E-state index in [1.807, 2.05) is 0 Å². The Hall–Kier alpha value is -1.26. The van der Waals surface area contributed by atoms with Gasteiger partial charge in [0.1, 0.15) is 0 Å². The molecule has 5 heteroatoms. The Morgan fingerprint density at radius 1 is 1.59 bits per heavy atom. The fourth-order valence-corrected chi connectivity index (χ4v) is 2.05. The molecule has 1 atom stereocenters. The predicted molar refractivity (Wildman–Crippen MR) is 67.7 cm³/mol. The maximum atomic E-state index is 11.4. The quantitative estimate of drug-likeness (QED) is 0.809. The first-order valence-corrected chi connectivity index (χ1v) is 5.93. The summed E-state index contributed by atoms with van der Waals surface area (Å²) in [7, 11) is 1.37. The van der Waals surface area contributed by atoms with E-state index in [4.69, 9.17) is 11.6 Å². The molecule has 1 aromatic carbocycles. The second-order valence-electron chi connectivity index (χ2n) is 4.02. The first kappa shape index (κ1) is 12.2. The third-order valence-electron chi connectivity index (χ3n) is 2.81. The van der Waals surface area contributed by atoms with Crippen LogP contribution in [-0.2, 0) is 4.74 Å². The summed E-state index contributed by atoms with van der Waals surface area (Å²) < 4.78 is 4.68. The zero-order valence-corrected chi connectivity index (χ0v) is 10.4. The van der Waals surface area contributed by atoms with E-state index in [2.05, 4.69) is 15.4 Å². The summed E-state index contributed by atoms with van der Waals surface area (Å²) >= 11 is 6.09. The van der Waals surface area contributed by atoms with Crippen LogP contribution in [0.25, 0.3) is 0 Å². The molecule has 4 nitrogen and oxygen atoms in total. The lowest BCUT2D eigenvalue weighted by Gasteiger charge is -2.15. The van der Waals surface area contributed by atoms with E-state index >= 15 is 0 Å². The van der Waals surface area contributed by atoms with Gasteiger partial charge in [0.15, 0.2) is 0 Å². The third kappa shape index (κ3) is 2.90. The minimum atomic E-state index is -0.353. The molecule has 0 aliphatic carbocycles. The van der Waals surface area contributed by atoms with Gasteiger partial charge in [0.2, 0.25) is 0 Å². The number of methoxy groups -OCH3 is 1. The van der Waals surface area contributed by atoms with Crippen molar-refractivity contribution < 1.29 is 9.53 Å². The lowest BCUT2D eigenvalue weighted by atomic mass is 10.1. The van der Waals surface area contributed by atoms with Gasteiger partial charge >= 0.3 is 5.97 Å². The number of rotatable bonds is 3. The summed E-state index contributed by atoms with van der Waals surface area (Å²) in [6, 6.07) is 5.46. The van der Waals surface area contributed by atoms with Gasteiger partial charge in [-0.1, -0.05) is 11.6 Å². The van der Waals surface area contributed by atoms with E-state index < -0.39 is 0 Å². The smallest absolute Gasteiger partial charge is 0.337 e. The van der Waals surface area contributed by atoms with Crippen molar-refractivity contribution >= 4 is 23.3 Å². The van der Waals surface area contributed by atoms with Gasteiger partial charge in [0.25, 0.3) is 0 Å². The molecule has 1 heterocycles. The topological polar surface area (TPSA) is 50.4 Å². The number of hydrogen-bond acceptors (Lipinski definition) is 4. The fourth-order valence-electron chi connectivity index (χ4n) is 1.88. The highest BCUT2D eigenvalue weighted by Crippen LogP contribution is 2.25. The van der Waals surface area contributed by atoms with Crippen molar-refractivity contribution in [1.29, 1.82) is 0 Å². The van der Waals surface area contributed by atoms with E-state index in [0.717, 1.165) is 25.2 Å². The zero-order chi connectivity index (χ0) is 12.3. The number of hydrogen-bond donors (Lipinski definition) is 2. The molecule has 0 radical (unpaired) electrons. The Morgan fingerprint density at radius 3 is 3.06 bits per heavy atom. The molecule has 0 saturated carbocycles. The number of esters is 1. The standard InChI is InChI=1S/C12H15ClN2O2/c1-17-12(16)8-2-3-10(13)11(6-8)15-9-4-5-14-7-9/h2-3,6,9,14-15H,4-5,7H2,1H3. The number of halogens is 1. The summed E-state index contributed by atoms with van der Waals surface area (Å²) in [6.45, 7) is 1.92. The van der Waals surface area contributed by atoms with Crippen LogP contribution >= 0.6 is 11.6 Å². The molecule has 1 unspecified atom stereocenters. The van der Waals surface area contributed by atoms with Crippen LogP contribution in [0.4, 0.5) is 5.69 Å². The lowest BCUT2D eigenvalue weighted by molar-refractivity contribution is 0.0601. The van der Waals surface area contributed by atoms with E-state index in [1.165, 1.54) is 7.11 Å². The number of benzene rings is 1. The highest BCUT2D eigenvalue weighted by molar-refractivity contribution is 6.33. The minimum Gasteiger partial charge on any atom is -0.465 e. The fraction of sp³-hybridized carbons (Fsp3) is 0.417. The number of nitrogens with one attached hydrogen (secondary N) is 2. The summed E-state index contributed by atoms with van der Waals surface area (Å²) in [5.41, 5.74) is 1.29. The van der Waals surface area contributed by atoms with E-state index in [-0.39, 0.29) is 5.97 Å². The Balaban J connectivity index is 2.16. The molecule has 17 heavy (non-hydrogen) atoms. The second-order valence-corrected chi connectivity index (χ2v) is 4.43. The predicted octanol–water partition coefficient (Wildman–Crippen LogP) is 1.90. The van der Waals surface area contributed by atoms with E-state index in [9.17, 15) is 4.79 Å². The first-order valence-electron chi connectivity index (χ1n) is 5.56. The van der Waals surface area contributed by atoms with Crippen LogP contribution in [-0.4, -0.2) is 32.2 Å². The van der Waals surface area contributed by atoms with Crippen LogP contribution in [0.5, 0.6) is 0 Å². The molecular weight excluding hydrogens is 240 g/mol. The van der Waals surface area contributed by atoms with Crippen molar-refractivity contribution in [1.82, 2.24) is 5.32 Å². The van der Waals surface area contributed by atoms with Crippen molar-refractivity contribution in [2.45, 2.75) is 12.5 Å². The monoisotopic (exact) mass is 254 g/mol. The molecule has 1 aliphatic heterocycles. The van der Waals surface area contributed by atoms with Crippen molar-refractivity contribution in [3.8, 4) is 0 Å². The van der Waals surface area contributed by atoms with Crippen LogP contribution in [0, 0.1) is 0 Å². The molecule has 1 aromatic rings. The summed E-state index contributed by atoms with van der Waals surface area (Å²) in [5.74, 6) is -0.353. The molecule has 92 valence electrons. The van der Waals surface area contributed by atoms with Crippen LogP contribution in [0.2, 0.25) is 5.02 Å². The molecule has 1 fully saturated rings. The van der Waals surface area contributed by atoms with Gasteiger partial charge in [-0.3, -0.25) is 0 Å². The summed E-state index contributed by atoms with van der Waals surface area (Å²) in [6.07, 6.45) is 1.05.